The summed E-state index contributed by atoms with van der Waals surface area (Å²) >= 11 is 0. The monoisotopic (exact) mass is 430 g/mol. The first-order chi connectivity index (χ1) is 14.1. The average molecular weight is 431 g/mol. The third kappa shape index (κ3) is 3.93. The van der Waals surface area contributed by atoms with Crippen LogP contribution in [0.1, 0.15) is 34.2 Å². The van der Waals surface area contributed by atoms with Crippen LogP contribution < -0.4 is 10.1 Å². The quantitative estimate of drug-likeness (QED) is 0.631. The molecule has 0 aliphatic heterocycles. The molecule has 0 unspecified atom stereocenters. The van der Waals surface area contributed by atoms with Gasteiger partial charge in [0.2, 0.25) is 10.0 Å². The number of anilines is 1. The second-order valence-corrected chi connectivity index (χ2v) is 9.45. The zero-order valence-electron chi connectivity index (χ0n) is 18.0. The molecule has 3 rings (SSSR count). The average Bonchev–Trinajstić information content (AvgIpc) is 3.01. The summed E-state index contributed by atoms with van der Waals surface area (Å²) in [6, 6.07) is 8.47. The second kappa shape index (κ2) is 8.12. The van der Waals surface area contributed by atoms with Crippen molar-refractivity contribution in [2.75, 3.05) is 26.0 Å². The van der Waals surface area contributed by atoms with Crippen LogP contribution in [0.5, 0.6) is 5.75 Å². The van der Waals surface area contributed by atoms with Gasteiger partial charge in [0.15, 0.2) is 5.76 Å². The first-order valence-corrected chi connectivity index (χ1v) is 11.0. The number of fused-ring (bicyclic) bond motifs is 1. The lowest BCUT2D eigenvalue weighted by Gasteiger charge is -2.16. The van der Waals surface area contributed by atoms with Gasteiger partial charge in [-0.1, -0.05) is 0 Å². The Kier molecular flexibility index (Phi) is 5.92. The number of carbonyl (C=O) groups excluding carboxylic acids is 1. The molecule has 30 heavy (non-hydrogen) atoms. The molecule has 0 atom stereocenters. The van der Waals surface area contributed by atoms with E-state index in [1.54, 1.807) is 25.1 Å². The molecule has 8 heteroatoms. The van der Waals surface area contributed by atoms with E-state index >= 15 is 0 Å². The Balaban J connectivity index is 2.00. The lowest BCUT2D eigenvalue weighted by Crippen LogP contribution is -2.23. The summed E-state index contributed by atoms with van der Waals surface area (Å²) in [4.78, 5) is 13.1. The van der Waals surface area contributed by atoms with E-state index in [9.17, 15) is 13.2 Å². The molecule has 160 valence electrons. The third-order valence-electron chi connectivity index (χ3n) is 5.09. The van der Waals surface area contributed by atoms with Crippen molar-refractivity contribution in [2.45, 2.75) is 32.6 Å². The molecule has 1 amide bonds. The van der Waals surface area contributed by atoms with Gasteiger partial charge in [0.25, 0.3) is 5.91 Å². The molecule has 0 saturated heterocycles. The highest BCUT2D eigenvalue weighted by molar-refractivity contribution is 7.89. The van der Waals surface area contributed by atoms with Crippen molar-refractivity contribution in [2.24, 2.45) is 0 Å². The molecule has 7 nitrogen and oxygen atoms in total. The second-order valence-electron chi connectivity index (χ2n) is 7.30. The van der Waals surface area contributed by atoms with E-state index in [1.807, 2.05) is 26.8 Å². The van der Waals surface area contributed by atoms with Crippen LogP contribution in [0.25, 0.3) is 11.0 Å². The number of rotatable bonds is 6. The van der Waals surface area contributed by atoms with E-state index in [0.29, 0.717) is 29.2 Å². The van der Waals surface area contributed by atoms with Crippen molar-refractivity contribution in [1.29, 1.82) is 0 Å². The van der Waals surface area contributed by atoms with Crippen LogP contribution in [0.4, 0.5) is 5.69 Å². The number of nitrogens with one attached hydrogen (secondary N) is 1. The molecule has 0 spiro atoms. The van der Waals surface area contributed by atoms with Gasteiger partial charge in [-0.05, 0) is 69.2 Å². The molecule has 0 aliphatic carbocycles. The van der Waals surface area contributed by atoms with E-state index in [-0.39, 0.29) is 10.7 Å². The highest BCUT2D eigenvalue weighted by atomic mass is 32.2. The molecule has 0 aliphatic rings. The first kappa shape index (κ1) is 21.9. The molecule has 2 aromatic carbocycles. The van der Waals surface area contributed by atoms with Crippen LogP contribution in [0, 0.1) is 20.8 Å². The van der Waals surface area contributed by atoms with Crippen LogP contribution in [-0.4, -0.2) is 39.3 Å². The van der Waals surface area contributed by atoms with Crippen molar-refractivity contribution >= 4 is 32.6 Å². The number of aryl methyl sites for hydroxylation is 2. The van der Waals surface area contributed by atoms with Crippen LogP contribution in [0.15, 0.2) is 39.6 Å². The normalized spacial score (nSPS) is 11.8. The minimum atomic E-state index is -3.63. The topological polar surface area (TPSA) is 88.8 Å². The molecule has 1 aromatic heterocycles. The van der Waals surface area contributed by atoms with E-state index < -0.39 is 15.9 Å². The summed E-state index contributed by atoms with van der Waals surface area (Å²) in [6.07, 6.45) is 0. The molecule has 0 saturated carbocycles. The molecular weight excluding hydrogens is 404 g/mol. The van der Waals surface area contributed by atoms with E-state index in [0.717, 1.165) is 20.8 Å². The number of sulfonamides is 1. The minimum absolute atomic E-state index is 0.119. The Morgan fingerprint density at radius 3 is 2.43 bits per heavy atom. The van der Waals surface area contributed by atoms with Gasteiger partial charge in [-0.25, -0.2) is 12.7 Å². The third-order valence-corrected chi connectivity index (χ3v) is 6.89. The lowest BCUT2D eigenvalue weighted by molar-refractivity contribution is 0.0997. The van der Waals surface area contributed by atoms with Crippen LogP contribution in [0.2, 0.25) is 0 Å². The van der Waals surface area contributed by atoms with Gasteiger partial charge < -0.3 is 14.5 Å². The van der Waals surface area contributed by atoms with Crippen molar-refractivity contribution in [3.8, 4) is 5.75 Å². The fourth-order valence-corrected chi connectivity index (χ4v) is 4.18. The number of nitrogens with zero attached hydrogens (tertiary/aromatic N) is 1. The van der Waals surface area contributed by atoms with Gasteiger partial charge in [-0.3, -0.25) is 4.79 Å². The van der Waals surface area contributed by atoms with Crippen LogP contribution in [-0.2, 0) is 10.0 Å². The maximum Gasteiger partial charge on any atom is 0.291 e. The molecule has 0 radical (unpaired) electrons. The molecule has 1 heterocycles. The smallest absolute Gasteiger partial charge is 0.291 e. The summed E-state index contributed by atoms with van der Waals surface area (Å²) in [7, 11) is -0.695. The predicted molar refractivity (Wildman–Crippen MR) is 117 cm³/mol. The Bertz CT molecular complexity index is 1230. The van der Waals surface area contributed by atoms with Crippen LogP contribution in [0.3, 0.4) is 0 Å². The highest BCUT2D eigenvalue weighted by Crippen LogP contribution is 2.31. The molecule has 0 bridgehead atoms. The van der Waals surface area contributed by atoms with Crippen molar-refractivity contribution in [1.82, 2.24) is 4.31 Å². The van der Waals surface area contributed by atoms with Gasteiger partial charge in [-0.2, -0.15) is 0 Å². The zero-order chi connectivity index (χ0) is 22.2. The molecule has 3 aromatic rings. The van der Waals surface area contributed by atoms with Crippen molar-refractivity contribution < 1.29 is 22.4 Å². The standard InChI is InChI=1S/C22H26N2O5S/c1-7-28-16-8-9-20-18(11-16)15(4)21(29-20)22(25)23-19-12-17(10-13(2)14(19)3)30(26,27)24(5)6/h8-12H,7H2,1-6H3,(H,23,25). The maximum absolute atomic E-state index is 13.0. The Hall–Kier alpha value is -2.84. The van der Waals surface area contributed by atoms with Crippen molar-refractivity contribution in [3.05, 3.63) is 52.8 Å². The summed E-state index contributed by atoms with van der Waals surface area (Å²) in [6.45, 7) is 7.89. The Labute approximate surface area is 176 Å². The lowest BCUT2D eigenvalue weighted by atomic mass is 10.1. The number of hydrogen-bond donors (Lipinski definition) is 1. The largest absolute Gasteiger partial charge is 0.494 e. The van der Waals surface area contributed by atoms with E-state index in [4.69, 9.17) is 9.15 Å². The summed E-state index contributed by atoms with van der Waals surface area (Å²) in [5.41, 5.74) is 3.24. The number of amides is 1. The van der Waals surface area contributed by atoms with Gasteiger partial charge in [-0.15, -0.1) is 0 Å². The predicted octanol–water partition coefficient (Wildman–Crippen LogP) is 4.26. The summed E-state index contributed by atoms with van der Waals surface area (Å²) < 4.78 is 37.5. The fourth-order valence-electron chi connectivity index (χ4n) is 3.17. The summed E-state index contributed by atoms with van der Waals surface area (Å²) in [5, 5.41) is 3.61. The minimum Gasteiger partial charge on any atom is -0.494 e. The molecular formula is C22H26N2O5S. The van der Waals surface area contributed by atoms with Gasteiger partial charge >= 0.3 is 0 Å². The van der Waals surface area contributed by atoms with Crippen LogP contribution >= 0.6 is 0 Å². The maximum atomic E-state index is 13.0. The van der Waals surface area contributed by atoms with E-state index in [2.05, 4.69) is 5.32 Å². The molecule has 0 fully saturated rings. The molecule has 1 N–H and O–H groups in total. The Morgan fingerprint density at radius 1 is 1.10 bits per heavy atom. The fraction of sp³-hybridized carbons (Fsp3) is 0.318. The van der Waals surface area contributed by atoms with Gasteiger partial charge in [0.1, 0.15) is 11.3 Å². The van der Waals surface area contributed by atoms with Gasteiger partial charge in [0.05, 0.1) is 11.5 Å². The highest BCUT2D eigenvalue weighted by Gasteiger charge is 2.22. The number of furan rings is 1. The number of ether oxygens (including phenoxy) is 1. The van der Waals surface area contributed by atoms with E-state index in [1.165, 1.54) is 20.2 Å². The zero-order valence-corrected chi connectivity index (χ0v) is 18.8. The number of benzene rings is 2. The van der Waals surface area contributed by atoms with Crippen molar-refractivity contribution in [3.63, 3.8) is 0 Å². The first-order valence-electron chi connectivity index (χ1n) is 9.57. The van der Waals surface area contributed by atoms with Gasteiger partial charge in [0, 0.05) is 30.7 Å². The Morgan fingerprint density at radius 2 is 1.80 bits per heavy atom. The number of carbonyl (C=O) groups is 1. The SMILES string of the molecule is CCOc1ccc2oc(C(=O)Nc3cc(S(=O)(=O)N(C)C)cc(C)c3C)c(C)c2c1. The summed E-state index contributed by atoms with van der Waals surface area (Å²) in [5.74, 6) is 0.439. The number of hydrogen-bond acceptors (Lipinski definition) is 5.